The van der Waals surface area contributed by atoms with E-state index in [1.165, 1.54) is 11.1 Å². The van der Waals surface area contributed by atoms with Crippen LogP contribution in [0.3, 0.4) is 0 Å². The second-order valence-corrected chi connectivity index (χ2v) is 7.18. The molecule has 3 rings (SSSR count). The second kappa shape index (κ2) is 5.84. The molecule has 2 N–H and O–H groups in total. The van der Waals surface area contributed by atoms with Crippen LogP contribution in [-0.4, -0.2) is 43.3 Å². The van der Waals surface area contributed by atoms with Crippen molar-refractivity contribution in [1.29, 1.82) is 0 Å². The zero-order chi connectivity index (χ0) is 15.9. The molecule has 1 saturated heterocycles. The van der Waals surface area contributed by atoms with E-state index in [1.807, 2.05) is 0 Å². The predicted molar refractivity (Wildman–Crippen MR) is 88.3 cm³/mol. The Morgan fingerprint density at radius 1 is 1.23 bits per heavy atom. The van der Waals surface area contributed by atoms with Gasteiger partial charge in [-0.3, -0.25) is 4.90 Å². The second-order valence-electron chi connectivity index (χ2n) is 7.18. The molecule has 0 amide bonds. The number of morpholine rings is 1. The van der Waals surface area contributed by atoms with Gasteiger partial charge in [-0.25, -0.2) is 0 Å². The molecule has 2 aliphatic heterocycles. The molecule has 2 atom stereocenters. The van der Waals surface area contributed by atoms with Crippen LogP contribution in [0, 0.1) is 19.8 Å². The molecule has 122 valence electrons. The van der Waals surface area contributed by atoms with Crippen molar-refractivity contribution in [3.8, 4) is 5.75 Å². The number of benzene rings is 1. The summed E-state index contributed by atoms with van der Waals surface area (Å²) in [6.07, 6.45) is 0. The highest BCUT2D eigenvalue weighted by Gasteiger charge is 2.43. The highest BCUT2D eigenvalue weighted by molar-refractivity contribution is 5.49. The molecule has 0 aliphatic carbocycles. The molecule has 1 fully saturated rings. The van der Waals surface area contributed by atoms with E-state index in [-0.39, 0.29) is 17.6 Å². The van der Waals surface area contributed by atoms with Gasteiger partial charge in [0.1, 0.15) is 11.4 Å². The molecule has 1 aromatic rings. The van der Waals surface area contributed by atoms with Crippen LogP contribution in [0.4, 0.5) is 0 Å². The van der Waals surface area contributed by atoms with Gasteiger partial charge >= 0.3 is 0 Å². The Hall–Kier alpha value is -1.10. The van der Waals surface area contributed by atoms with Crippen molar-refractivity contribution in [3.05, 3.63) is 28.8 Å². The Morgan fingerprint density at radius 2 is 1.91 bits per heavy atom. The SMILES string of the molecule is Cc1ccc2c(c1C)OC(C)(C)C(CN1CCOCC1)C2N. The number of ether oxygens (including phenoxy) is 2. The number of hydrogen-bond acceptors (Lipinski definition) is 4. The standard InChI is InChI=1S/C18H28N2O2/c1-12-5-6-14-16(19)15(11-20-7-9-21-10-8-20)18(3,4)22-17(14)13(12)2/h5-6,15-16H,7-11,19H2,1-4H3. The third-order valence-corrected chi connectivity index (χ3v) is 5.32. The average molecular weight is 304 g/mol. The quantitative estimate of drug-likeness (QED) is 0.911. The summed E-state index contributed by atoms with van der Waals surface area (Å²) >= 11 is 0. The Morgan fingerprint density at radius 3 is 2.59 bits per heavy atom. The van der Waals surface area contributed by atoms with E-state index in [1.54, 1.807) is 0 Å². The van der Waals surface area contributed by atoms with Gasteiger partial charge in [-0.15, -0.1) is 0 Å². The van der Waals surface area contributed by atoms with Crippen molar-refractivity contribution >= 4 is 0 Å². The zero-order valence-corrected chi connectivity index (χ0v) is 14.2. The Bertz CT molecular complexity index is 550. The zero-order valence-electron chi connectivity index (χ0n) is 14.2. The normalized spacial score (nSPS) is 28.0. The van der Waals surface area contributed by atoms with Crippen molar-refractivity contribution in [2.24, 2.45) is 11.7 Å². The lowest BCUT2D eigenvalue weighted by atomic mass is 9.77. The highest BCUT2D eigenvalue weighted by Crippen LogP contribution is 2.45. The molecule has 0 aromatic heterocycles. The summed E-state index contributed by atoms with van der Waals surface area (Å²) in [4.78, 5) is 2.45. The molecule has 22 heavy (non-hydrogen) atoms. The van der Waals surface area contributed by atoms with E-state index in [2.05, 4.69) is 44.7 Å². The summed E-state index contributed by atoms with van der Waals surface area (Å²) in [5, 5.41) is 0. The van der Waals surface area contributed by atoms with Gasteiger partial charge in [0.2, 0.25) is 0 Å². The predicted octanol–water partition coefficient (Wildman–Crippen LogP) is 2.42. The highest BCUT2D eigenvalue weighted by atomic mass is 16.5. The smallest absolute Gasteiger partial charge is 0.128 e. The fourth-order valence-electron chi connectivity index (χ4n) is 3.59. The first-order chi connectivity index (χ1) is 10.4. The molecule has 0 bridgehead atoms. The summed E-state index contributed by atoms with van der Waals surface area (Å²) < 4.78 is 11.9. The largest absolute Gasteiger partial charge is 0.487 e. The maximum atomic E-state index is 6.66. The molecular weight excluding hydrogens is 276 g/mol. The van der Waals surface area contributed by atoms with Gasteiger partial charge in [-0.2, -0.15) is 0 Å². The van der Waals surface area contributed by atoms with E-state index in [0.717, 1.165) is 44.2 Å². The fraction of sp³-hybridized carbons (Fsp3) is 0.667. The van der Waals surface area contributed by atoms with Gasteiger partial charge in [-0.1, -0.05) is 12.1 Å². The van der Waals surface area contributed by atoms with Crippen molar-refractivity contribution in [1.82, 2.24) is 4.90 Å². The van der Waals surface area contributed by atoms with E-state index in [9.17, 15) is 0 Å². The van der Waals surface area contributed by atoms with Crippen LogP contribution < -0.4 is 10.5 Å². The number of fused-ring (bicyclic) bond motifs is 1. The van der Waals surface area contributed by atoms with Gasteiger partial charge in [0.25, 0.3) is 0 Å². The van der Waals surface area contributed by atoms with Crippen LogP contribution in [0.15, 0.2) is 12.1 Å². The monoisotopic (exact) mass is 304 g/mol. The summed E-state index contributed by atoms with van der Waals surface area (Å²) in [5.74, 6) is 1.27. The van der Waals surface area contributed by atoms with Gasteiger partial charge in [-0.05, 0) is 38.8 Å². The molecular formula is C18H28N2O2. The molecule has 2 heterocycles. The summed E-state index contributed by atoms with van der Waals surface area (Å²) in [6.45, 7) is 13.2. The van der Waals surface area contributed by atoms with Crippen LogP contribution >= 0.6 is 0 Å². The first kappa shape index (κ1) is 15.8. The van der Waals surface area contributed by atoms with E-state index >= 15 is 0 Å². The van der Waals surface area contributed by atoms with Crippen molar-refractivity contribution < 1.29 is 9.47 Å². The number of aryl methyl sites for hydroxylation is 1. The molecule has 1 aromatic carbocycles. The topological polar surface area (TPSA) is 47.7 Å². The third kappa shape index (κ3) is 2.75. The Kier molecular flexibility index (Phi) is 4.19. The molecule has 2 unspecified atom stereocenters. The van der Waals surface area contributed by atoms with Gasteiger partial charge in [0.05, 0.1) is 13.2 Å². The van der Waals surface area contributed by atoms with E-state index in [4.69, 9.17) is 15.2 Å². The fourth-order valence-corrected chi connectivity index (χ4v) is 3.59. The van der Waals surface area contributed by atoms with Crippen LogP contribution in [0.1, 0.15) is 36.6 Å². The average Bonchev–Trinajstić information content (AvgIpc) is 2.49. The first-order valence-electron chi connectivity index (χ1n) is 8.25. The van der Waals surface area contributed by atoms with Crippen LogP contribution in [0.2, 0.25) is 0 Å². The Labute approximate surface area is 133 Å². The molecule has 0 saturated carbocycles. The number of nitrogens with two attached hydrogens (primary N) is 1. The molecule has 4 nitrogen and oxygen atoms in total. The number of nitrogens with zero attached hydrogens (tertiary/aromatic N) is 1. The van der Waals surface area contributed by atoms with Crippen molar-refractivity contribution in [2.75, 3.05) is 32.8 Å². The first-order valence-corrected chi connectivity index (χ1v) is 8.25. The van der Waals surface area contributed by atoms with E-state index < -0.39 is 0 Å². The lowest BCUT2D eigenvalue weighted by molar-refractivity contribution is -0.0291. The molecule has 0 spiro atoms. The van der Waals surface area contributed by atoms with Gasteiger partial charge < -0.3 is 15.2 Å². The maximum absolute atomic E-state index is 6.66. The minimum atomic E-state index is -0.261. The van der Waals surface area contributed by atoms with Crippen LogP contribution in [0.5, 0.6) is 5.75 Å². The summed E-state index contributed by atoms with van der Waals surface area (Å²) in [6, 6.07) is 4.31. The van der Waals surface area contributed by atoms with E-state index in [0.29, 0.717) is 0 Å². The number of rotatable bonds is 2. The summed E-state index contributed by atoms with van der Waals surface area (Å²) in [7, 11) is 0. The number of hydrogen-bond donors (Lipinski definition) is 1. The lowest BCUT2D eigenvalue weighted by Gasteiger charge is -2.46. The third-order valence-electron chi connectivity index (χ3n) is 5.32. The molecule has 2 aliphatic rings. The lowest BCUT2D eigenvalue weighted by Crippen LogP contribution is -2.53. The van der Waals surface area contributed by atoms with Crippen molar-refractivity contribution in [3.63, 3.8) is 0 Å². The van der Waals surface area contributed by atoms with Crippen molar-refractivity contribution in [2.45, 2.75) is 39.3 Å². The van der Waals surface area contributed by atoms with Crippen LogP contribution in [-0.2, 0) is 4.74 Å². The maximum Gasteiger partial charge on any atom is 0.128 e. The van der Waals surface area contributed by atoms with Gasteiger partial charge in [0, 0.05) is 37.2 Å². The minimum Gasteiger partial charge on any atom is -0.487 e. The minimum absolute atomic E-state index is 0.0147. The molecule has 0 radical (unpaired) electrons. The Balaban J connectivity index is 1.89. The summed E-state index contributed by atoms with van der Waals surface area (Å²) in [5.41, 5.74) is 10.0. The van der Waals surface area contributed by atoms with Crippen LogP contribution in [0.25, 0.3) is 0 Å². The molecule has 4 heteroatoms. The van der Waals surface area contributed by atoms with Gasteiger partial charge in [0.15, 0.2) is 0 Å².